The third-order valence-electron chi connectivity index (χ3n) is 5.35. The first-order chi connectivity index (χ1) is 15.6. The van der Waals surface area contributed by atoms with Gasteiger partial charge in [-0.3, -0.25) is 4.79 Å². The molecule has 1 atom stereocenters. The van der Waals surface area contributed by atoms with Crippen LogP contribution in [0.3, 0.4) is 0 Å². The van der Waals surface area contributed by atoms with Gasteiger partial charge in [0.2, 0.25) is 0 Å². The largest absolute Gasteiger partial charge is 0.469 e. The molecule has 162 valence electrons. The molecule has 0 saturated heterocycles. The Labute approximate surface area is 192 Å². The van der Waals surface area contributed by atoms with Crippen LogP contribution >= 0.6 is 23.1 Å². The molecule has 0 spiro atoms. The van der Waals surface area contributed by atoms with Gasteiger partial charge in [-0.15, -0.1) is 21.5 Å². The van der Waals surface area contributed by atoms with Gasteiger partial charge in [0.15, 0.2) is 11.0 Å². The average Bonchev–Trinajstić information content (AvgIpc) is 3.52. The van der Waals surface area contributed by atoms with Gasteiger partial charge in [0.05, 0.1) is 22.5 Å². The van der Waals surface area contributed by atoms with Crippen molar-refractivity contribution in [3.05, 3.63) is 70.0 Å². The molecular weight excluding hydrogens is 442 g/mol. The summed E-state index contributed by atoms with van der Waals surface area (Å²) in [5, 5.41) is 12.1. The summed E-state index contributed by atoms with van der Waals surface area (Å²) in [6, 6.07) is 11.8. The molecule has 1 unspecified atom stereocenters. The number of furan rings is 1. The van der Waals surface area contributed by atoms with Crippen LogP contribution in [0.25, 0.3) is 32.7 Å². The SMILES string of the molecule is CCn1c(SC(C)c2nc3scc(-c4ccccc4)c3c(=O)[nH]2)nnc1-c1ccoc1C. The molecule has 4 heterocycles. The van der Waals surface area contributed by atoms with Crippen molar-refractivity contribution in [1.29, 1.82) is 0 Å². The van der Waals surface area contributed by atoms with E-state index >= 15 is 0 Å². The first-order valence-electron chi connectivity index (χ1n) is 10.3. The highest BCUT2D eigenvalue weighted by Crippen LogP contribution is 2.36. The highest BCUT2D eigenvalue weighted by atomic mass is 32.2. The molecule has 0 saturated carbocycles. The molecule has 0 aliphatic rings. The van der Waals surface area contributed by atoms with E-state index in [9.17, 15) is 4.79 Å². The van der Waals surface area contributed by atoms with Crippen molar-refractivity contribution in [2.24, 2.45) is 0 Å². The second-order valence-electron chi connectivity index (χ2n) is 7.35. The lowest BCUT2D eigenvalue weighted by atomic mass is 10.1. The molecule has 0 aliphatic carbocycles. The van der Waals surface area contributed by atoms with E-state index in [-0.39, 0.29) is 10.8 Å². The molecule has 4 aromatic heterocycles. The van der Waals surface area contributed by atoms with Crippen LogP contribution in [0, 0.1) is 6.92 Å². The Bertz CT molecular complexity index is 1450. The summed E-state index contributed by atoms with van der Waals surface area (Å²) in [5.41, 5.74) is 2.74. The summed E-state index contributed by atoms with van der Waals surface area (Å²) in [7, 11) is 0. The zero-order valence-corrected chi connectivity index (χ0v) is 19.5. The van der Waals surface area contributed by atoms with E-state index in [1.807, 2.05) is 60.2 Å². The monoisotopic (exact) mass is 463 g/mol. The Morgan fingerprint density at radius 1 is 1.19 bits per heavy atom. The molecule has 0 bridgehead atoms. The zero-order chi connectivity index (χ0) is 22.2. The number of nitrogens with zero attached hydrogens (tertiary/aromatic N) is 4. The fraction of sp³-hybridized carbons (Fsp3) is 0.217. The Hall–Kier alpha value is -3.17. The number of nitrogens with one attached hydrogen (secondary N) is 1. The van der Waals surface area contributed by atoms with E-state index in [0.717, 1.165) is 44.8 Å². The number of fused-ring (bicyclic) bond motifs is 1. The Balaban J connectivity index is 1.47. The van der Waals surface area contributed by atoms with Gasteiger partial charge in [-0.2, -0.15) is 0 Å². The third-order valence-corrected chi connectivity index (χ3v) is 7.31. The second kappa shape index (κ2) is 8.40. The van der Waals surface area contributed by atoms with Crippen LogP contribution in [0.2, 0.25) is 0 Å². The second-order valence-corrected chi connectivity index (χ2v) is 9.51. The summed E-state index contributed by atoms with van der Waals surface area (Å²) < 4.78 is 7.48. The number of thioether (sulfide) groups is 1. The lowest BCUT2D eigenvalue weighted by Crippen LogP contribution is -2.12. The molecule has 0 amide bonds. The molecule has 32 heavy (non-hydrogen) atoms. The predicted molar refractivity (Wildman–Crippen MR) is 128 cm³/mol. The Morgan fingerprint density at radius 3 is 2.72 bits per heavy atom. The summed E-state index contributed by atoms with van der Waals surface area (Å²) in [6.07, 6.45) is 1.66. The number of aromatic nitrogens is 5. The topological polar surface area (TPSA) is 89.6 Å². The normalized spacial score (nSPS) is 12.5. The number of aryl methyl sites for hydroxylation is 1. The molecule has 0 radical (unpaired) electrons. The maximum atomic E-state index is 13.0. The lowest BCUT2D eigenvalue weighted by Gasteiger charge is -2.12. The predicted octanol–water partition coefficient (Wildman–Crippen LogP) is 5.68. The number of benzene rings is 1. The molecule has 5 rings (SSSR count). The van der Waals surface area contributed by atoms with E-state index in [1.165, 1.54) is 23.1 Å². The zero-order valence-electron chi connectivity index (χ0n) is 17.8. The number of hydrogen-bond donors (Lipinski definition) is 1. The number of rotatable bonds is 6. The molecular formula is C23H21N5O2S2. The van der Waals surface area contributed by atoms with Crippen LogP contribution in [-0.4, -0.2) is 24.7 Å². The third kappa shape index (κ3) is 3.57. The highest BCUT2D eigenvalue weighted by molar-refractivity contribution is 7.99. The average molecular weight is 464 g/mol. The minimum Gasteiger partial charge on any atom is -0.469 e. The molecule has 5 aromatic rings. The van der Waals surface area contributed by atoms with Gasteiger partial charge in [-0.05, 0) is 32.4 Å². The molecule has 1 aromatic carbocycles. The van der Waals surface area contributed by atoms with Crippen LogP contribution < -0.4 is 5.56 Å². The van der Waals surface area contributed by atoms with Crippen LogP contribution in [0.1, 0.15) is 30.7 Å². The van der Waals surface area contributed by atoms with Crippen molar-refractivity contribution >= 4 is 33.3 Å². The van der Waals surface area contributed by atoms with Crippen LogP contribution in [0.15, 0.2) is 62.4 Å². The van der Waals surface area contributed by atoms with Gasteiger partial charge < -0.3 is 14.0 Å². The Morgan fingerprint density at radius 2 is 2.00 bits per heavy atom. The van der Waals surface area contributed by atoms with Gasteiger partial charge in [-0.1, -0.05) is 42.1 Å². The maximum absolute atomic E-state index is 13.0. The van der Waals surface area contributed by atoms with E-state index in [1.54, 1.807) is 6.26 Å². The fourth-order valence-corrected chi connectivity index (χ4v) is 5.60. The van der Waals surface area contributed by atoms with Gasteiger partial charge in [-0.25, -0.2) is 4.98 Å². The Kier molecular flexibility index (Phi) is 5.44. The maximum Gasteiger partial charge on any atom is 0.260 e. The molecule has 0 fully saturated rings. The number of H-pyrrole nitrogens is 1. The number of hydrogen-bond acceptors (Lipinski definition) is 7. The fourth-order valence-electron chi connectivity index (χ4n) is 3.68. The molecule has 9 heteroatoms. The molecule has 0 aliphatic heterocycles. The van der Waals surface area contributed by atoms with Crippen molar-refractivity contribution in [2.45, 2.75) is 37.7 Å². The van der Waals surface area contributed by atoms with Crippen molar-refractivity contribution in [3.63, 3.8) is 0 Å². The number of thiophene rings is 1. The van der Waals surface area contributed by atoms with E-state index < -0.39 is 0 Å². The van der Waals surface area contributed by atoms with Gasteiger partial charge in [0.25, 0.3) is 5.56 Å². The van der Waals surface area contributed by atoms with Gasteiger partial charge >= 0.3 is 0 Å². The highest BCUT2D eigenvalue weighted by Gasteiger charge is 2.21. The summed E-state index contributed by atoms with van der Waals surface area (Å²) in [4.78, 5) is 21.5. The van der Waals surface area contributed by atoms with Crippen molar-refractivity contribution in [3.8, 4) is 22.5 Å². The van der Waals surface area contributed by atoms with Crippen LogP contribution in [0.5, 0.6) is 0 Å². The number of aromatic amines is 1. The van der Waals surface area contributed by atoms with Crippen molar-refractivity contribution in [1.82, 2.24) is 24.7 Å². The minimum atomic E-state index is -0.121. The standard InChI is InChI=1S/C23H21N5O2S2/c1-4-28-20(16-10-11-30-13(16)2)26-27-23(28)32-14(3)19-24-21(29)18-17(12-31-22(18)25-19)15-8-6-5-7-9-15/h5-12,14H,4H2,1-3H3,(H,24,25,29). The van der Waals surface area contributed by atoms with Gasteiger partial charge in [0, 0.05) is 17.5 Å². The van der Waals surface area contributed by atoms with Gasteiger partial charge in [0.1, 0.15) is 16.4 Å². The molecule has 7 nitrogen and oxygen atoms in total. The first kappa shape index (κ1) is 20.7. The first-order valence-corrected chi connectivity index (χ1v) is 12.0. The molecule has 1 N–H and O–H groups in total. The van der Waals surface area contributed by atoms with E-state index in [4.69, 9.17) is 9.40 Å². The summed E-state index contributed by atoms with van der Waals surface area (Å²) in [5.74, 6) is 2.21. The van der Waals surface area contributed by atoms with E-state index in [0.29, 0.717) is 11.2 Å². The minimum absolute atomic E-state index is 0.109. The van der Waals surface area contributed by atoms with Crippen LogP contribution in [-0.2, 0) is 6.54 Å². The lowest BCUT2D eigenvalue weighted by molar-refractivity contribution is 0.534. The van der Waals surface area contributed by atoms with Crippen molar-refractivity contribution in [2.75, 3.05) is 0 Å². The smallest absolute Gasteiger partial charge is 0.260 e. The summed E-state index contributed by atoms with van der Waals surface area (Å²) >= 11 is 3.01. The quantitative estimate of drug-likeness (QED) is 0.326. The van der Waals surface area contributed by atoms with Crippen molar-refractivity contribution < 1.29 is 4.42 Å². The van der Waals surface area contributed by atoms with Crippen LogP contribution in [0.4, 0.5) is 0 Å². The summed E-state index contributed by atoms with van der Waals surface area (Å²) in [6.45, 7) is 6.70. The van der Waals surface area contributed by atoms with E-state index in [2.05, 4.69) is 22.1 Å².